The Hall–Kier alpha value is -0.830. The minimum atomic E-state index is -0.179. The number of unbranched alkanes of at least 4 members (excludes halogenated alkanes) is 6. The predicted molar refractivity (Wildman–Crippen MR) is 102 cm³/mol. The van der Waals surface area contributed by atoms with Gasteiger partial charge in [0, 0.05) is 30.0 Å². The number of ether oxygens (including phenoxy) is 1. The number of hydrogen-bond donors (Lipinski definition) is 0. The zero-order valence-corrected chi connectivity index (χ0v) is 16.9. The van der Waals surface area contributed by atoms with E-state index >= 15 is 0 Å². The van der Waals surface area contributed by atoms with Gasteiger partial charge in [0.2, 0.25) is 0 Å². The molecule has 0 aliphatic carbocycles. The number of allylic oxidation sites excluding steroid dienone is 1. The fourth-order valence-corrected chi connectivity index (χ4v) is 3.79. The van der Waals surface area contributed by atoms with Crippen molar-refractivity contribution in [3.05, 3.63) is 12.2 Å². The zero-order chi connectivity index (χ0) is 18.2. The lowest BCUT2D eigenvalue weighted by Crippen LogP contribution is -2.60. The molecule has 0 atom stereocenters. The van der Waals surface area contributed by atoms with Gasteiger partial charge in [-0.05, 0) is 47.6 Å². The van der Waals surface area contributed by atoms with Gasteiger partial charge in [-0.25, -0.2) is 4.79 Å². The normalized spacial score (nSPS) is 21.2. The highest BCUT2D eigenvalue weighted by Gasteiger charge is 2.44. The third-order valence-corrected chi connectivity index (χ3v) is 5.53. The summed E-state index contributed by atoms with van der Waals surface area (Å²) >= 11 is 0. The van der Waals surface area contributed by atoms with Crippen LogP contribution in [-0.4, -0.2) is 35.1 Å². The van der Waals surface area contributed by atoms with Crippen LogP contribution >= 0.6 is 0 Å². The highest BCUT2D eigenvalue weighted by molar-refractivity contribution is 5.82. The third-order valence-electron chi connectivity index (χ3n) is 5.53. The fourth-order valence-electron chi connectivity index (χ4n) is 3.79. The van der Waals surface area contributed by atoms with E-state index in [4.69, 9.17) is 4.74 Å². The first-order valence-corrected chi connectivity index (χ1v) is 9.80. The van der Waals surface area contributed by atoms with Gasteiger partial charge < -0.3 is 4.74 Å². The third kappa shape index (κ3) is 6.96. The van der Waals surface area contributed by atoms with Crippen LogP contribution in [0.4, 0.5) is 0 Å². The molecule has 0 amide bonds. The Labute approximate surface area is 149 Å². The first kappa shape index (κ1) is 21.2. The van der Waals surface area contributed by atoms with Crippen molar-refractivity contribution in [3.63, 3.8) is 0 Å². The highest BCUT2D eigenvalue weighted by Crippen LogP contribution is 2.38. The van der Waals surface area contributed by atoms with Gasteiger partial charge in [-0.15, -0.1) is 0 Å². The molecule has 1 heterocycles. The number of piperidine rings is 1. The van der Waals surface area contributed by atoms with Crippen molar-refractivity contribution in [2.75, 3.05) is 7.05 Å². The summed E-state index contributed by atoms with van der Waals surface area (Å²) in [6.45, 7) is 11.1. The van der Waals surface area contributed by atoms with Crippen LogP contribution in [-0.2, 0) is 9.53 Å². The molecular weight excluding hydrogens is 298 g/mol. The van der Waals surface area contributed by atoms with Crippen molar-refractivity contribution >= 4 is 5.97 Å². The molecule has 0 unspecified atom stereocenters. The van der Waals surface area contributed by atoms with Gasteiger partial charge in [0.25, 0.3) is 0 Å². The second-order valence-corrected chi connectivity index (χ2v) is 8.61. The zero-order valence-electron chi connectivity index (χ0n) is 16.9. The molecule has 0 aromatic rings. The van der Waals surface area contributed by atoms with Crippen LogP contribution in [0.3, 0.4) is 0 Å². The lowest BCUT2D eigenvalue weighted by Gasteiger charge is -2.53. The van der Waals surface area contributed by atoms with Crippen molar-refractivity contribution in [2.45, 2.75) is 110 Å². The Kier molecular flexibility index (Phi) is 8.49. The number of likely N-dealkylation sites (tertiary alicyclic amines) is 1. The van der Waals surface area contributed by atoms with Crippen LogP contribution < -0.4 is 0 Å². The minimum Gasteiger partial charge on any atom is -0.459 e. The number of carbonyl (C=O) groups is 1. The van der Waals surface area contributed by atoms with Crippen molar-refractivity contribution in [3.8, 4) is 0 Å². The number of nitrogens with zero attached hydrogens (tertiary/aromatic N) is 1. The maximum absolute atomic E-state index is 12.1. The molecule has 0 N–H and O–H groups in total. The minimum absolute atomic E-state index is 0.0115. The summed E-state index contributed by atoms with van der Waals surface area (Å²) in [5.74, 6) is -0.179. The van der Waals surface area contributed by atoms with Gasteiger partial charge in [-0.3, -0.25) is 4.90 Å². The predicted octanol–water partition coefficient (Wildman–Crippen LogP) is 5.49. The molecule has 0 aromatic heterocycles. The van der Waals surface area contributed by atoms with Gasteiger partial charge in [0.05, 0.1) is 0 Å². The molecule has 140 valence electrons. The molecule has 1 saturated heterocycles. The molecule has 24 heavy (non-hydrogen) atoms. The van der Waals surface area contributed by atoms with Crippen LogP contribution in [0.15, 0.2) is 12.2 Å². The van der Waals surface area contributed by atoms with E-state index in [-0.39, 0.29) is 23.2 Å². The summed E-state index contributed by atoms with van der Waals surface area (Å²) in [5.41, 5.74) is 0.101. The molecule has 3 heteroatoms. The van der Waals surface area contributed by atoms with Crippen molar-refractivity contribution in [1.29, 1.82) is 0 Å². The summed E-state index contributed by atoms with van der Waals surface area (Å²) in [5, 5.41) is 0. The van der Waals surface area contributed by atoms with Crippen molar-refractivity contribution in [1.82, 2.24) is 4.90 Å². The van der Waals surface area contributed by atoms with E-state index in [1.807, 2.05) is 6.08 Å². The van der Waals surface area contributed by atoms with Gasteiger partial charge in [0.1, 0.15) is 6.10 Å². The average molecular weight is 338 g/mol. The lowest BCUT2D eigenvalue weighted by molar-refractivity contribution is -0.153. The Bertz CT molecular complexity index is 394. The molecule has 1 aliphatic rings. The standard InChI is InChI=1S/C21H39NO2/c1-7-8-9-10-11-12-13-14-15-19(23)24-18-16-20(2,3)22(6)21(4,5)17-18/h14-15,18H,7-13,16-17H2,1-6H3. The van der Waals surface area contributed by atoms with E-state index in [0.717, 1.165) is 19.3 Å². The SMILES string of the molecule is CCCCCCCCC=CC(=O)OC1CC(C)(C)N(C)C(C)(C)C1. The van der Waals surface area contributed by atoms with E-state index in [2.05, 4.69) is 46.6 Å². The number of carbonyl (C=O) groups excluding carboxylic acids is 1. The quantitative estimate of drug-likeness (QED) is 0.316. The second-order valence-electron chi connectivity index (χ2n) is 8.61. The molecule has 3 nitrogen and oxygen atoms in total. The average Bonchev–Trinajstić information content (AvgIpc) is 2.47. The van der Waals surface area contributed by atoms with Crippen LogP contribution in [0, 0.1) is 0 Å². The second kappa shape index (κ2) is 9.60. The molecule has 0 saturated carbocycles. The molecule has 0 aromatic carbocycles. The van der Waals surface area contributed by atoms with Gasteiger partial charge in [-0.1, -0.05) is 45.1 Å². The molecule has 0 radical (unpaired) electrons. The molecular formula is C21H39NO2. The van der Waals surface area contributed by atoms with E-state index in [1.165, 1.54) is 38.5 Å². The van der Waals surface area contributed by atoms with E-state index in [1.54, 1.807) is 6.08 Å². The topological polar surface area (TPSA) is 29.5 Å². The molecule has 1 aliphatic heterocycles. The van der Waals surface area contributed by atoms with Crippen LogP contribution in [0.25, 0.3) is 0 Å². The van der Waals surface area contributed by atoms with Gasteiger partial charge >= 0.3 is 5.97 Å². The maximum Gasteiger partial charge on any atom is 0.330 e. The molecule has 1 rings (SSSR count). The Morgan fingerprint density at radius 1 is 1.04 bits per heavy atom. The molecule has 1 fully saturated rings. The Balaban J connectivity index is 2.31. The highest BCUT2D eigenvalue weighted by atomic mass is 16.5. The summed E-state index contributed by atoms with van der Waals surface area (Å²) in [4.78, 5) is 14.5. The van der Waals surface area contributed by atoms with Gasteiger partial charge in [-0.2, -0.15) is 0 Å². The first-order chi connectivity index (χ1) is 11.2. The van der Waals surface area contributed by atoms with Crippen LogP contribution in [0.2, 0.25) is 0 Å². The number of rotatable bonds is 9. The lowest BCUT2D eigenvalue weighted by atomic mass is 9.79. The monoisotopic (exact) mass is 337 g/mol. The van der Waals surface area contributed by atoms with Crippen molar-refractivity contribution < 1.29 is 9.53 Å². The Morgan fingerprint density at radius 2 is 1.58 bits per heavy atom. The molecule has 0 spiro atoms. The van der Waals surface area contributed by atoms with Crippen LogP contribution in [0.1, 0.15) is 92.4 Å². The van der Waals surface area contributed by atoms with E-state index < -0.39 is 0 Å². The Morgan fingerprint density at radius 3 is 2.17 bits per heavy atom. The number of esters is 1. The number of hydrogen-bond acceptors (Lipinski definition) is 3. The van der Waals surface area contributed by atoms with Crippen LogP contribution in [0.5, 0.6) is 0 Å². The van der Waals surface area contributed by atoms with Gasteiger partial charge in [0.15, 0.2) is 0 Å². The van der Waals surface area contributed by atoms with E-state index in [0.29, 0.717) is 0 Å². The van der Waals surface area contributed by atoms with E-state index in [9.17, 15) is 4.79 Å². The summed E-state index contributed by atoms with van der Waals surface area (Å²) < 4.78 is 5.72. The van der Waals surface area contributed by atoms with Crippen molar-refractivity contribution in [2.24, 2.45) is 0 Å². The smallest absolute Gasteiger partial charge is 0.330 e. The summed E-state index contributed by atoms with van der Waals surface area (Å²) in [7, 11) is 2.17. The summed E-state index contributed by atoms with van der Waals surface area (Å²) in [6.07, 6.45) is 14.1. The maximum atomic E-state index is 12.1. The largest absolute Gasteiger partial charge is 0.459 e. The molecule has 0 bridgehead atoms. The summed E-state index contributed by atoms with van der Waals surface area (Å²) in [6, 6.07) is 0. The first-order valence-electron chi connectivity index (χ1n) is 9.80. The fraction of sp³-hybridized carbons (Fsp3) is 0.857.